The van der Waals surface area contributed by atoms with Crippen molar-refractivity contribution in [1.82, 2.24) is 10.6 Å². The van der Waals surface area contributed by atoms with E-state index in [0.29, 0.717) is 31.0 Å². The van der Waals surface area contributed by atoms with Crippen LogP contribution in [0.25, 0.3) is 0 Å². The molecule has 122 valence electrons. The highest BCUT2D eigenvalue weighted by molar-refractivity contribution is 5.85. The fourth-order valence-corrected chi connectivity index (χ4v) is 4.35. The van der Waals surface area contributed by atoms with E-state index in [4.69, 9.17) is 0 Å². The molecule has 3 fully saturated rings. The predicted molar refractivity (Wildman–Crippen MR) is 85.5 cm³/mol. The number of carbonyl (C=O) groups is 1. The smallest absolute Gasteiger partial charge is 0.220 e. The fourth-order valence-electron chi connectivity index (χ4n) is 4.35. The highest BCUT2D eigenvalue weighted by atomic mass is 35.5. The molecule has 3 N–H and O–H groups in total. The topological polar surface area (TPSA) is 61.4 Å². The molecule has 1 saturated carbocycles. The summed E-state index contributed by atoms with van der Waals surface area (Å²) in [5.41, 5.74) is 0. The maximum atomic E-state index is 12.1. The number of fused-ring (bicyclic) bond motifs is 2. The molecule has 3 rings (SSSR count). The van der Waals surface area contributed by atoms with Crippen molar-refractivity contribution in [2.24, 2.45) is 11.8 Å². The molecule has 1 amide bonds. The monoisotopic (exact) mass is 316 g/mol. The number of aliphatic hydroxyl groups is 1. The Balaban J connectivity index is 0.00000161. The minimum Gasteiger partial charge on any atom is -0.393 e. The second-order valence-electron chi connectivity index (χ2n) is 7.10. The van der Waals surface area contributed by atoms with Crippen molar-refractivity contribution in [3.05, 3.63) is 0 Å². The summed E-state index contributed by atoms with van der Waals surface area (Å²) in [6.45, 7) is 0.665. The Morgan fingerprint density at radius 1 is 1.10 bits per heavy atom. The molecule has 2 heterocycles. The molecular formula is C16H29ClN2O2. The maximum absolute atomic E-state index is 12.1. The van der Waals surface area contributed by atoms with Crippen LogP contribution < -0.4 is 10.6 Å². The van der Waals surface area contributed by atoms with Gasteiger partial charge in [-0.2, -0.15) is 0 Å². The van der Waals surface area contributed by atoms with Crippen molar-refractivity contribution in [3.8, 4) is 0 Å². The largest absolute Gasteiger partial charge is 0.393 e. The molecule has 2 saturated heterocycles. The molecule has 1 aliphatic carbocycles. The number of aliphatic hydroxyl groups excluding tert-OH is 1. The van der Waals surface area contributed by atoms with Crippen molar-refractivity contribution < 1.29 is 9.90 Å². The first-order valence-corrected chi connectivity index (χ1v) is 8.41. The molecule has 0 aromatic heterocycles. The molecule has 0 aromatic carbocycles. The first kappa shape index (κ1) is 17.0. The third-order valence-corrected chi connectivity index (χ3v) is 5.48. The second-order valence-corrected chi connectivity index (χ2v) is 7.10. The standard InChI is InChI=1S/C16H28N2O2.ClH/c19-15-4-2-1-3-12(15)10-17-16(20)9-11-7-13-5-6-14(8-11)18-13;/h11-15,18-19H,1-10H2,(H,17,20);1H. The molecule has 4 unspecified atom stereocenters. The highest BCUT2D eigenvalue weighted by Crippen LogP contribution is 2.32. The minimum absolute atomic E-state index is 0. The molecule has 3 aliphatic rings. The van der Waals surface area contributed by atoms with E-state index in [0.717, 1.165) is 32.1 Å². The van der Waals surface area contributed by atoms with Crippen LogP contribution in [-0.4, -0.2) is 35.7 Å². The predicted octanol–water partition coefficient (Wildman–Crippen LogP) is 2.00. The van der Waals surface area contributed by atoms with E-state index in [9.17, 15) is 9.90 Å². The lowest BCUT2D eigenvalue weighted by Gasteiger charge is -2.30. The Kier molecular flexibility index (Phi) is 6.33. The van der Waals surface area contributed by atoms with Crippen molar-refractivity contribution >= 4 is 18.3 Å². The maximum Gasteiger partial charge on any atom is 0.220 e. The lowest BCUT2D eigenvalue weighted by atomic mass is 9.86. The number of hydrogen-bond donors (Lipinski definition) is 3. The van der Waals surface area contributed by atoms with Crippen LogP contribution in [0.15, 0.2) is 0 Å². The summed E-state index contributed by atoms with van der Waals surface area (Å²) >= 11 is 0. The lowest BCUT2D eigenvalue weighted by Crippen LogP contribution is -2.41. The Bertz CT molecular complexity index is 341. The number of piperidine rings is 1. The van der Waals surface area contributed by atoms with Crippen LogP contribution in [0.3, 0.4) is 0 Å². The average molecular weight is 317 g/mol. The summed E-state index contributed by atoms with van der Waals surface area (Å²) in [5.74, 6) is 1.02. The quantitative estimate of drug-likeness (QED) is 0.743. The Morgan fingerprint density at radius 2 is 1.76 bits per heavy atom. The molecule has 5 heteroatoms. The van der Waals surface area contributed by atoms with Gasteiger partial charge in [0.25, 0.3) is 0 Å². The van der Waals surface area contributed by atoms with E-state index in [1.165, 1.54) is 19.3 Å². The number of halogens is 1. The average Bonchev–Trinajstić information content (AvgIpc) is 2.77. The van der Waals surface area contributed by atoms with Gasteiger partial charge in [-0.15, -0.1) is 12.4 Å². The van der Waals surface area contributed by atoms with Crippen molar-refractivity contribution in [3.63, 3.8) is 0 Å². The van der Waals surface area contributed by atoms with Gasteiger partial charge in [-0.1, -0.05) is 12.8 Å². The number of carbonyl (C=O) groups excluding carboxylic acids is 1. The Morgan fingerprint density at radius 3 is 2.43 bits per heavy atom. The van der Waals surface area contributed by atoms with Crippen LogP contribution in [-0.2, 0) is 4.79 Å². The molecular weight excluding hydrogens is 288 g/mol. The number of rotatable bonds is 4. The summed E-state index contributed by atoms with van der Waals surface area (Å²) in [6, 6.07) is 1.32. The molecule has 21 heavy (non-hydrogen) atoms. The Hall–Kier alpha value is -0.320. The second kappa shape index (κ2) is 7.80. The van der Waals surface area contributed by atoms with Gasteiger partial charge in [0.1, 0.15) is 0 Å². The fraction of sp³-hybridized carbons (Fsp3) is 0.938. The summed E-state index contributed by atoms with van der Waals surface area (Å²) < 4.78 is 0. The summed E-state index contributed by atoms with van der Waals surface area (Å²) in [7, 11) is 0. The van der Waals surface area contributed by atoms with Crippen molar-refractivity contribution in [2.45, 2.75) is 76.0 Å². The number of hydrogen-bond acceptors (Lipinski definition) is 3. The van der Waals surface area contributed by atoms with E-state index < -0.39 is 0 Å². The van der Waals surface area contributed by atoms with Gasteiger partial charge in [0, 0.05) is 31.0 Å². The molecule has 4 atom stereocenters. The Labute approximate surface area is 133 Å². The van der Waals surface area contributed by atoms with Crippen molar-refractivity contribution in [1.29, 1.82) is 0 Å². The first-order chi connectivity index (χ1) is 9.70. The van der Waals surface area contributed by atoms with E-state index >= 15 is 0 Å². The van der Waals surface area contributed by atoms with E-state index in [-0.39, 0.29) is 30.3 Å². The molecule has 0 spiro atoms. The third kappa shape index (κ3) is 4.57. The van der Waals surface area contributed by atoms with E-state index in [1.807, 2.05) is 0 Å². The lowest BCUT2D eigenvalue weighted by molar-refractivity contribution is -0.122. The SMILES string of the molecule is Cl.O=C(CC1CC2CCC(C1)N2)NCC1CCCCC1O. The van der Waals surface area contributed by atoms with Gasteiger partial charge in [-0.25, -0.2) is 0 Å². The van der Waals surface area contributed by atoms with Gasteiger partial charge in [-0.3, -0.25) is 4.79 Å². The zero-order chi connectivity index (χ0) is 13.9. The molecule has 2 bridgehead atoms. The van der Waals surface area contributed by atoms with Gasteiger partial charge in [0.2, 0.25) is 5.91 Å². The van der Waals surface area contributed by atoms with Crippen LogP contribution in [0.2, 0.25) is 0 Å². The summed E-state index contributed by atoms with van der Waals surface area (Å²) in [4.78, 5) is 12.1. The third-order valence-electron chi connectivity index (χ3n) is 5.48. The van der Waals surface area contributed by atoms with Crippen LogP contribution in [0, 0.1) is 11.8 Å². The van der Waals surface area contributed by atoms with Gasteiger partial charge in [0.15, 0.2) is 0 Å². The van der Waals surface area contributed by atoms with Gasteiger partial charge in [-0.05, 0) is 44.4 Å². The van der Waals surface area contributed by atoms with E-state index in [1.54, 1.807) is 0 Å². The van der Waals surface area contributed by atoms with Gasteiger partial charge < -0.3 is 15.7 Å². The molecule has 2 aliphatic heterocycles. The van der Waals surface area contributed by atoms with Gasteiger partial charge in [0.05, 0.1) is 6.10 Å². The zero-order valence-electron chi connectivity index (χ0n) is 12.7. The summed E-state index contributed by atoms with van der Waals surface area (Å²) in [6.07, 6.45) is 9.65. The van der Waals surface area contributed by atoms with Crippen molar-refractivity contribution in [2.75, 3.05) is 6.54 Å². The molecule has 0 radical (unpaired) electrons. The first-order valence-electron chi connectivity index (χ1n) is 8.41. The van der Waals surface area contributed by atoms with Crippen LogP contribution >= 0.6 is 12.4 Å². The minimum atomic E-state index is -0.209. The van der Waals surface area contributed by atoms with Crippen LogP contribution in [0.5, 0.6) is 0 Å². The number of amides is 1. The van der Waals surface area contributed by atoms with Gasteiger partial charge >= 0.3 is 0 Å². The molecule has 4 nitrogen and oxygen atoms in total. The molecule has 0 aromatic rings. The van der Waals surface area contributed by atoms with Crippen LogP contribution in [0.1, 0.15) is 57.8 Å². The number of nitrogens with one attached hydrogen (secondary N) is 2. The normalized spacial score (nSPS) is 38.6. The summed E-state index contributed by atoms with van der Waals surface area (Å²) in [5, 5.41) is 16.6. The zero-order valence-corrected chi connectivity index (χ0v) is 13.5. The highest BCUT2D eigenvalue weighted by Gasteiger charge is 2.34. The van der Waals surface area contributed by atoms with E-state index in [2.05, 4.69) is 10.6 Å². The van der Waals surface area contributed by atoms with Crippen LogP contribution in [0.4, 0.5) is 0 Å².